The largest absolute Gasteiger partial charge is 0.477 e. The molecule has 1 unspecified atom stereocenters. The molecule has 2 heterocycles. The lowest BCUT2D eigenvalue weighted by Crippen LogP contribution is -2.37. The van der Waals surface area contributed by atoms with E-state index in [0.717, 1.165) is 42.8 Å². The fraction of sp³-hybridized carbons (Fsp3) is 0.280. The van der Waals surface area contributed by atoms with Crippen LogP contribution < -0.4 is 0 Å². The van der Waals surface area contributed by atoms with Crippen LogP contribution in [0.1, 0.15) is 46.3 Å². The Bertz CT molecular complexity index is 1020. The van der Waals surface area contributed by atoms with E-state index in [0.29, 0.717) is 6.54 Å². The summed E-state index contributed by atoms with van der Waals surface area (Å²) in [5.74, 6) is -1.29. The fourth-order valence-electron chi connectivity index (χ4n) is 3.96. The topological polar surface area (TPSA) is 62.7 Å². The molecule has 1 fully saturated rings. The van der Waals surface area contributed by atoms with Crippen molar-refractivity contribution >= 4 is 5.97 Å². The molecule has 5 nitrogen and oxygen atoms in total. The number of carboxylic acid groups (broad SMARTS) is 1. The number of pyridine rings is 1. The second-order valence-electron chi connectivity index (χ2n) is 7.78. The second-order valence-corrected chi connectivity index (χ2v) is 7.78. The summed E-state index contributed by atoms with van der Waals surface area (Å²) in [5.41, 5.74) is 2.63. The van der Waals surface area contributed by atoms with Gasteiger partial charge in [0.15, 0.2) is 0 Å². The number of rotatable bonds is 7. The molecule has 0 spiro atoms. The minimum atomic E-state index is -1.02. The van der Waals surface area contributed by atoms with E-state index in [9.17, 15) is 9.18 Å². The minimum absolute atomic E-state index is 0.0584. The summed E-state index contributed by atoms with van der Waals surface area (Å²) in [5, 5.41) is 9.12. The van der Waals surface area contributed by atoms with Crippen molar-refractivity contribution in [3.63, 3.8) is 0 Å². The number of halogens is 1. The van der Waals surface area contributed by atoms with Crippen LogP contribution in [0.4, 0.5) is 4.39 Å². The molecule has 1 aliphatic heterocycles. The average Bonchev–Trinajstić information content (AvgIpc) is 2.79. The van der Waals surface area contributed by atoms with Gasteiger partial charge in [-0.05, 0) is 48.2 Å². The molecule has 1 atom stereocenters. The number of aromatic nitrogens is 1. The first-order valence-corrected chi connectivity index (χ1v) is 10.5. The Morgan fingerprint density at radius 2 is 1.74 bits per heavy atom. The third kappa shape index (κ3) is 5.54. The maximum atomic E-state index is 13.9. The van der Waals surface area contributed by atoms with Crippen LogP contribution in [0, 0.1) is 5.82 Å². The Labute approximate surface area is 181 Å². The first-order chi connectivity index (χ1) is 15.1. The summed E-state index contributed by atoms with van der Waals surface area (Å²) in [4.78, 5) is 17.6. The summed E-state index contributed by atoms with van der Waals surface area (Å²) < 4.78 is 20.3. The third-order valence-corrected chi connectivity index (χ3v) is 5.53. The van der Waals surface area contributed by atoms with Gasteiger partial charge in [0.1, 0.15) is 17.6 Å². The van der Waals surface area contributed by atoms with Crippen LogP contribution in [0.15, 0.2) is 72.8 Å². The number of ether oxygens (including phenoxy) is 1. The van der Waals surface area contributed by atoms with Crippen molar-refractivity contribution in [2.75, 3.05) is 13.1 Å². The lowest BCUT2D eigenvalue weighted by atomic mass is 10.00. The molecule has 2 aromatic carbocycles. The highest BCUT2D eigenvalue weighted by Crippen LogP contribution is 2.30. The van der Waals surface area contributed by atoms with Gasteiger partial charge in [0, 0.05) is 19.6 Å². The van der Waals surface area contributed by atoms with E-state index >= 15 is 0 Å². The van der Waals surface area contributed by atoms with Gasteiger partial charge in [-0.1, -0.05) is 48.5 Å². The van der Waals surface area contributed by atoms with Crippen LogP contribution in [0.25, 0.3) is 0 Å². The molecule has 3 aromatic rings. The molecule has 160 valence electrons. The molecule has 0 radical (unpaired) electrons. The predicted octanol–water partition coefficient (Wildman–Crippen LogP) is 4.69. The molecule has 1 aliphatic rings. The van der Waals surface area contributed by atoms with Crippen LogP contribution in [-0.4, -0.2) is 40.2 Å². The van der Waals surface area contributed by atoms with Gasteiger partial charge in [0.25, 0.3) is 0 Å². The highest BCUT2D eigenvalue weighted by Gasteiger charge is 2.25. The molecule has 0 aliphatic carbocycles. The van der Waals surface area contributed by atoms with Gasteiger partial charge in [0.2, 0.25) is 0 Å². The summed E-state index contributed by atoms with van der Waals surface area (Å²) in [6.07, 6.45) is 1.43. The zero-order valence-electron chi connectivity index (χ0n) is 17.2. The van der Waals surface area contributed by atoms with Crippen molar-refractivity contribution < 1.29 is 19.0 Å². The van der Waals surface area contributed by atoms with Crippen molar-refractivity contribution in [1.29, 1.82) is 0 Å². The van der Waals surface area contributed by atoms with Crippen molar-refractivity contribution in [1.82, 2.24) is 9.88 Å². The number of nitrogens with zero attached hydrogens (tertiary/aromatic N) is 2. The third-order valence-electron chi connectivity index (χ3n) is 5.53. The van der Waals surface area contributed by atoms with Gasteiger partial charge >= 0.3 is 5.97 Å². The van der Waals surface area contributed by atoms with E-state index < -0.39 is 5.97 Å². The highest BCUT2D eigenvalue weighted by atomic mass is 19.1. The van der Waals surface area contributed by atoms with Gasteiger partial charge in [-0.25, -0.2) is 14.2 Å². The minimum Gasteiger partial charge on any atom is -0.477 e. The van der Waals surface area contributed by atoms with Gasteiger partial charge in [-0.3, -0.25) is 4.90 Å². The van der Waals surface area contributed by atoms with Crippen molar-refractivity contribution in [3.05, 3.63) is 101 Å². The SMILES string of the molecule is O=C(O)c1cccc(CN2CCC(OC(c3ccccc3)c3cccc(F)c3)CC2)n1. The summed E-state index contributed by atoms with van der Waals surface area (Å²) in [6.45, 7) is 2.27. The number of carboxylic acids is 1. The van der Waals surface area contributed by atoms with Crippen LogP contribution in [0.5, 0.6) is 0 Å². The molecule has 1 aromatic heterocycles. The van der Waals surface area contributed by atoms with Crippen LogP contribution in [-0.2, 0) is 11.3 Å². The van der Waals surface area contributed by atoms with Gasteiger partial charge in [0.05, 0.1) is 11.8 Å². The second kappa shape index (κ2) is 9.81. The van der Waals surface area contributed by atoms with Crippen LogP contribution in [0.3, 0.4) is 0 Å². The number of carbonyl (C=O) groups is 1. The molecule has 1 N–H and O–H groups in total. The molecule has 6 heteroatoms. The van der Waals surface area contributed by atoms with E-state index in [1.54, 1.807) is 12.1 Å². The van der Waals surface area contributed by atoms with E-state index in [-0.39, 0.29) is 23.7 Å². The Kier molecular flexibility index (Phi) is 6.70. The fourth-order valence-corrected chi connectivity index (χ4v) is 3.96. The number of hydrogen-bond donors (Lipinski definition) is 1. The normalized spacial score (nSPS) is 16.2. The zero-order chi connectivity index (χ0) is 21.6. The lowest BCUT2D eigenvalue weighted by molar-refractivity contribution is -0.0283. The van der Waals surface area contributed by atoms with Gasteiger partial charge < -0.3 is 9.84 Å². The quantitative estimate of drug-likeness (QED) is 0.601. The molecular weight excluding hydrogens is 395 g/mol. The first kappa shape index (κ1) is 21.2. The summed E-state index contributed by atoms with van der Waals surface area (Å²) >= 11 is 0. The number of piperidine rings is 1. The van der Waals surface area contributed by atoms with Gasteiger partial charge in [-0.15, -0.1) is 0 Å². The van der Waals surface area contributed by atoms with Crippen molar-refractivity contribution in [2.45, 2.75) is 31.6 Å². The van der Waals surface area contributed by atoms with E-state index in [1.807, 2.05) is 42.5 Å². The first-order valence-electron chi connectivity index (χ1n) is 10.5. The molecule has 0 bridgehead atoms. The van der Waals surface area contributed by atoms with E-state index in [1.165, 1.54) is 18.2 Å². The molecular formula is C25H25FN2O3. The van der Waals surface area contributed by atoms with E-state index in [4.69, 9.17) is 9.84 Å². The Morgan fingerprint density at radius 1 is 1.03 bits per heavy atom. The Morgan fingerprint density at radius 3 is 2.45 bits per heavy atom. The van der Waals surface area contributed by atoms with Crippen LogP contribution >= 0.6 is 0 Å². The van der Waals surface area contributed by atoms with Gasteiger partial charge in [-0.2, -0.15) is 0 Å². The van der Waals surface area contributed by atoms with Crippen molar-refractivity contribution in [2.24, 2.45) is 0 Å². The molecule has 0 amide bonds. The molecule has 31 heavy (non-hydrogen) atoms. The Balaban J connectivity index is 1.40. The maximum Gasteiger partial charge on any atom is 0.354 e. The Hall–Kier alpha value is -3.09. The molecule has 4 rings (SSSR count). The average molecular weight is 420 g/mol. The lowest BCUT2D eigenvalue weighted by Gasteiger charge is -2.34. The zero-order valence-corrected chi connectivity index (χ0v) is 17.2. The number of benzene rings is 2. The number of aromatic carboxylic acids is 1. The van der Waals surface area contributed by atoms with Crippen molar-refractivity contribution in [3.8, 4) is 0 Å². The molecule has 0 saturated carbocycles. The molecule has 1 saturated heterocycles. The number of hydrogen-bond acceptors (Lipinski definition) is 4. The highest BCUT2D eigenvalue weighted by molar-refractivity contribution is 5.85. The smallest absolute Gasteiger partial charge is 0.354 e. The summed E-state index contributed by atoms with van der Waals surface area (Å²) in [7, 11) is 0. The van der Waals surface area contributed by atoms with Crippen LogP contribution in [0.2, 0.25) is 0 Å². The standard InChI is InChI=1S/C25H25FN2O3/c26-20-9-4-8-19(16-20)24(18-6-2-1-3-7-18)31-22-12-14-28(15-13-22)17-21-10-5-11-23(27-21)25(29)30/h1-11,16,22,24H,12-15,17H2,(H,29,30). The maximum absolute atomic E-state index is 13.9. The monoisotopic (exact) mass is 420 g/mol. The number of likely N-dealkylation sites (tertiary alicyclic amines) is 1. The summed E-state index contributed by atoms with van der Waals surface area (Å²) in [6, 6.07) is 21.6. The van der Waals surface area contributed by atoms with E-state index in [2.05, 4.69) is 9.88 Å². The predicted molar refractivity (Wildman–Crippen MR) is 115 cm³/mol.